The smallest absolute Gasteiger partial charge is 0.251 e. The second-order valence-electron chi connectivity index (χ2n) is 13.2. The van der Waals surface area contributed by atoms with E-state index in [1.165, 1.54) is 0 Å². The number of hydrogen-bond donors (Lipinski definition) is 6. The minimum atomic E-state index is -0.842. The van der Waals surface area contributed by atoms with Gasteiger partial charge in [0.1, 0.15) is 11.8 Å². The van der Waals surface area contributed by atoms with E-state index >= 15 is 0 Å². The summed E-state index contributed by atoms with van der Waals surface area (Å²) in [5.41, 5.74) is 11.3. The monoisotopic (exact) mass is 715 g/mol. The molecule has 0 radical (unpaired) electrons. The molecule has 1 aliphatic heterocycles. The number of hydrogen-bond acceptors (Lipinski definition) is 9. The number of halogens is 1. The largest absolute Gasteiger partial charge is 0.496 e. The summed E-state index contributed by atoms with van der Waals surface area (Å²) in [4.78, 5) is 40.4. The van der Waals surface area contributed by atoms with Gasteiger partial charge in [0.2, 0.25) is 17.6 Å². The Morgan fingerprint density at radius 3 is 2.41 bits per heavy atom. The molecule has 2 heterocycles. The van der Waals surface area contributed by atoms with Crippen molar-refractivity contribution in [2.75, 3.05) is 32.1 Å². The molecule has 2 fully saturated rings. The number of nitrogens with one attached hydrogen (secondary N) is 5. The standard InChI is InChI=1S/C37H45N9O4.ClH/c1-22-17-27(36(48)41-29-15-16-39-21-29)10-13-30(22)31-18-24(5-14-33(31)50-2)19-32(42-35(47)26-6-3-23(20-38)4-7-26)37(49)40-28-11-8-25(9-12-28)34-43-45-46-44-34;/h5,8-14,17-18,23,26,29,32,39H,3-4,6-7,15-16,19-21,38H2,1-2H3,(H,40,49)(H,41,48)(H,42,47)(H,43,44,45,46);1H/t23?,26?,29-,32+;/m1./s1. The molecule has 13 nitrogen and oxygen atoms in total. The van der Waals surface area contributed by atoms with Crippen molar-refractivity contribution < 1.29 is 19.1 Å². The average molecular weight is 716 g/mol. The molecule has 6 rings (SSSR count). The molecule has 14 heteroatoms. The van der Waals surface area contributed by atoms with Crippen LogP contribution in [0.2, 0.25) is 0 Å². The van der Waals surface area contributed by atoms with Crippen LogP contribution in [0.3, 0.4) is 0 Å². The van der Waals surface area contributed by atoms with Crippen LogP contribution in [0.4, 0.5) is 5.69 Å². The number of carbonyl (C=O) groups is 3. The Bertz CT molecular complexity index is 1790. The number of amides is 3. The second kappa shape index (κ2) is 17.4. The minimum absolute atomic E-state index is 0. The molecular weight excluding hydrogens is 670 g/mol. The van der Waals surface area contributed by atoms with E-state index in [4.69, 9.17) is 10.5 Å². The number of nitrogens with zero attached hydrogens (tertiary/aromatic N) is 3. The van der Waals surface area contributed by atoms with E-state index in [1.807, 2.05) is 43.3 Å². The summed E-state index contributed by atoms with van der Waals surface area (Å²) >= 11 is 0. The first-order valence-corrected chi connectivity index (χ1v) is 17.3. The number of tetrazole rings is 1. The Kier molecular flexibility index (Phi) is 12.8. The average Bonchev–Trinajstić information content (AvgIpc) is 3.87. The molecule has 4 aromatic rings. The van der Waals surface area contributed by atoms with Gasteiger partial charge in [-0.15, -0.1) is 22.6 Å². The van der Waals surface area contributed by atoms with E-state index in [2.05, 4.69) is 41.9 Å². The third-order valence-corrected chi connectivity index (χ3v) is 9.82. The molecule has 1 aliphatic carbocycles. The van der Waals surface area contributed by atoms with Crippen LogP contribution in [-0.4, -0.2) is 77.2 Å². The van der Waals surface area contributed by atoms with Crippen molar-refractivity contribution in [3.05, 3.63) is 77.4 Å². The fourth-order valence-electron chi connectivity index (χ4n) is 6.86. The molecule has 3 amide bonds. The summed E-state index contributed by atoms with van der Waals surface area (Å²) in [6.07, 6.45) is 4.46. The van der Waals surface area contributed by atoms with Crippen molar-refractivity contribution in [3.8, 4) is 28.3 Å². The molecule has 1 aromatic heterocycles. The van der Waals surface area contributed by atoms with E-state index in [0.29, 0.717) is 35.3 Å². The molecule has 3 aromatic carbocycles. The van der Waals surface area contributed by atoms with Crippen molar-refractivity contribution in [1.29, 1.82) is 0 Å². The highest BCUT2D eigenvalue weighted by Gasteiger charge is 2.30. The Balaban J connectivity index is 0.00000504. The molecule has 7 N–H and O–H groups in total. The van der Waals surface area contributed by atoms with Gasteiger partial charge in [0.05, 0.1) is 7.11 Å². The highest BCUT2D eigenvalue weighted by atomic mass is 35.5. The fraction of sp³-hybridized carbons (Fsp3) is 0.405. The maximum Gasteiger partial charge on any atom is 0.251 e. The Labute approximate surface area is 303 Å². The van der Waals surface area contributed by atoms with Gasteiger partial charge in [-0.3, -0.25) is 14.4 Å². The summed E-state index contributed by atoms with van der Waals surface area (Å²) in [7, 11) is 1.62. The van der Waals surface area contributed by atoms with Crippen LogP contribution in [0.15, 0.2) is 60.7 Å². The molecule has 2 atom stereocenters. The summed E-state index contributed by atoms with van der Waals surface area (Å²) in [6, 6.07) is 17.8. The van der Waals surface area contributed by atoms with Gasteiger partial charge in [0.15, 0.2) is 0 Å². The lowest BCUT2D eigenvalue weighted by atomic mass is 9.81. The maximum absolute atomic E-state index is 13.9. The van der Waals surface area contributed by atoms with Crippen molar-refractivity contribution in [2.24, 2.45) is 17.6 Å². The lowest BCUT2D eigenvalue weighted by Crippen LogP contribution is -2.48. The van der Waals surface area contributed by atoms with Gasteiger partial charge in [-0.2, -0.15) is 5.21 Å². The number of rotatable bonds is 12. The van der Waals surface area contributed by atoms with E-state index in [1.54, 1.807) is 31.4 Å². The van der Waals surface area contributed by atoms with Crippen LogP contribution in [0.25, 0.3) is 22.5 Å². The van der Waals surface area contributed by atoms with Crippen LogP contribution in [-0.2, 0) is 16.0 Å². The minimum Gasteiger partial charge on any atom is -0.496 e. The molecule has 0 unspecified atom stereocenters. The zero-order valence-electron chi connectivity index (χ0n) is 28.9. The number of carbonyl (C=O) groups excluding carboxylic acids is 3. The number of aromatic nitrogens is 4. The zero-order chi connectivity index (χ0) is 35.0. The van der Waals surface area contributed by atoms with E-state index in [-0.39, 0.29) is 48.5 Å². The van der Waals surface area contributed by atoms with Gasteiger partial charge in [-0.25, -0.2) is 0 Å². The van der Waals surface area contributed by atoms with Crippen LogP contribution in [0, 0.1) is 18.8 Å². The number of H-pyrrole nitrogens is 1. The fourth-order valence-corrected chi connectivity index (χ4v) is 6.86. The van der Waals surface area contributed by atoms with Crippen LogP contribution in [0.5, 0.6) is 5.75 Å². The SMILES string of the molecule is COc1ccc(C[C@H](NC(=O)C2CCC(CN)CC2)C(=O)Nc2ccc(-c3nn[nH]n3)cc2)cc1-c1ccc(C(=O)N[C@@H]2CCNC2)cc1C.Cl. The highest BCUT2D eigenvalue weighted by Crippen LogP contribution is 2.34. The van der Waals surface area contributed by atoms with E-state index in [9.17, 15) is 14.4 Å². The predicted molar refractivity (Wildman–Crippen MR) is 198 cm³/mol. The first-order valence-electron chi connectivity index (χ1n) is 17.3. The third-order valence-electron chi connectivity index (χ3n) is 9.82. The normalized spacial score (nSPS) is 19.0. The van der Waals surface area contributed by atoms with Gasteiger partial charge < -0.3 is 31.7 Å². The number of nitrogens with two attached hydrogens (primary N) is 1. The predicted octanol–water partition coefficient (Wildman–Crippen LogP) is 3.80. The topological polar surface area (TPSA) is 189 Å². The van der Waals surface area contributed by atoms with Gasteiger partial charge in [0, 0.05) is 47.3 Å². The number of aromatic amines is 1. The van der Waals surface area contributed by atoms with Crippen LogP contribution < -0.4 is 31.7 Å². The van der Waals surface area contributed by atoms with Gasteiger partial charge >= 0.3 is 0 Å². The number of benzene rings is 3. The third kappa shape index (κ3) is 9.29. The first-order chi connectivity index (χ1) is 24.3. The maximum atomic E-state index is 13.9. The molecular formula is C37H46ClN9O4. The van der Waals surface area contributed by atoms with E-state index < -0.39 is 6.04 Å². The quantitative estimate of drug-likeness (QED) is 0.127. The Hall–Kier alpha value is -4.85. The molecule has 51 heavy (non-hydrogen) atoms. The van der Waals surface area contributed by atoms with Crippen molar-refractivity contribution in [1.82, 2.24) is 36.6 Å². The lowest BCUT2D eigenvalue weighted by Gasteiger charge is -2.28. The summed E-state index contributed by atoms with van der Waals surface area (Å²) in [5, 5.41) is 26.5. The number of aryl methyl sites for hydroxylation is 1. The van der Waals surface area contributed by atoms with E-state index in [0.717, 1.165) is 73.0 Å². The van der Waals surface area contributed by atoms with Gasteiger partial charge in [0.25, 0.3) is 5.91 Å². The summed E-state index contributed by atoms with van der Waals surface area (Å²) in [5.74, 6) is 0.819. The molecule has 270 valence electrons. The first kappa shape index (κ1) is 37.4. The molecule has 0 spiro atoms. The van der Waals surface area contributed by atoms with Crippen LogP contribution in [0.1, 0.15) is 53.6 Å². The number of anilines is 1. The summed E-state index contributed by atoms with van der Waals surface area (Å²) < 4.78 is 5.75. The molecule has 1 saturated heterocycles. The second-order valence-corrected chi connectivity index (χ2v) is 13.2. The zero-order valence-corrected chi connectivity index (χ0v) is 29.7. The molecule has 2 aliphatic rings. The van der Waals surface area contributed by atoms with Gasteiger partial charge in [-0.05, 0) is 128 Å². The van der Waals surface area contributed by atoms with Crippen molar-refractivity contribution in [2.45, 2.75) is 57.5 Å². The van der Waals surface area contributed by atoms with Gasteiger partial charge in [-0.1, -0.05) is 12.1 Å². The Morgan fingerprint density at radius 2 is 1.76 bits per heavy atom. The molecule has 1 saturated carbocycles. The van der Waals surface area contributed by atoms with Crippen LogP contribution >= 0.6 is 12.4 Å². The number of ether oxygens (including phenoxy) is 1. The Morgan fingerprint density at radius 1 is 0.980 bits per heavy atom. The lowest BCUT2D eigenvalue weighted by molar-refractivity contribution is -0.130. The summed E-state index contributed by atoms with van der Waals surface area (Å²) in [6.45, 7) is 4.26. The molecule has 0 bridgehead atoms. The van der Waals surface area contributed by atoms with Crippen molar-refractivity contribution in [3.63, 3.8) is 0 Å². The van der Waals surface area contributed by atoms with Crippen molar-refractivity contribution >= 4 is 35.8 Å². The number of methoxy groups -OCH3 is 1. The highest BCUT2D eigenvalue weighted by molar-refractivity contribution is 5.98.